The molecule has 1 atom stereocenters. The quantitative estimate of drug-likeness (QED) is 0.767. The lowest BCUT2D eigenvalue weighted by atomic mass is 10.2. The molecule has 0 spiro atoms. The highest BCUT2D eigenvalue weighted by Gasteiger charge is 2.21. The molecule has 0 aromatic heterocycles. The van der Waals surface area contributed by atoms with Gasteiger partial charge < -0.3 is 9.84 Å². The van der Waals surface area contributed by atoms with Gasteiger partial charge in [0.2, 0.25) is 10.0 Å². The van der Waals surface area contributed by atoms with Gasteiger partial charge in [-0.3, -0.25) is 0 Å². The van der Waals surface area contributed by atoms with Crippen LogP contribution >= 0.6 is 0 Å². The summed E-state index contributed by atoms with van der Waals surface area (Å²) in [5.74, 6) is -1.07. The van der Waals surface area contributed by atoms with Gasteiger partial charge in [-0.2, -0.15) is 0 Å². The van der Waals surface area contributed by atoms with E-state index in [1.165, 1.54) is 12.1 Å². The smallest absolute Gasteiger partial charge is 0.339 e. The third-order valence-electron chi connectivity index (χ3n) is 2.87. The van der Waals surface area contributed by atoms with E-state index in [0.29, 0.717) is 13.0 Å². The maximum Gasteiger partial charge on any atom is 0.339 e. The molecule has 0 amide bonds. The lowest BCUT2D eigenvalue weighted by Crippen LogP contribution is -2.32. The van der Waals surface area contributed by atoms with E-state index < -0.39 is 16.0 Å². The second-order valence-corrected chi connectivity index (χ2v) is 6.42. The largest absolute Gasteiger partial charge is 0.493 e. The van der Waals surface area contributed by atoms with Crippen molar-refractivity contribution in [3.8, 4) is 5.75 Å². The summed E-state index contributed by atoms with van der Waals surface area (Å²) in [6.07, 6.45) is 1.56. The van der Waals surface area contributed by atoms with Crippen molar-refractivity contribution in [2.24, 2.45) is 0 Å². The summed E-state index contributed by atoms with van der Waals surface area (Å²) < 4.78 is 32.2. The Morgan fingerprint density at radius 2 is 2.05 bits per heavy atom. The van der Waals surface area contributed by atoms with E-state index in [0.717, 1.165) is 12.5 Å². The Hall–Kier alpha value is -1.60. The molecule has 6 nitrogen and oxygen atoms in total. The Morgan fingerprint density at radius 3 is 2.57 bits per heavy atom. The van der Waals surface area contributed by atoms with Crippen LogP contribution < -0.4 is 9.46 Å². The first-order chi connectivity index (χ1) is 9.81. The molecule has 0 fully saturated rings. The van der Waals surface area contributed by atoms with E-state index in [-0.39, 0.29) is 22.3 Å². The Kier molecular flexibility index (Phi) is 6.17. The van der Waals surface area contributed by atoms with Gasteiger partial charge in [-0.1, -0.05) is 13.3 Å². The number of carboxylic acid groups (broad SMARTS) is 1. The molecule has 0 bridgehead atoms. The molecular weight excluding hydrogens is 294 g/mol. The van der Waals surface area contributed by atoms with Gasteiger partial charge in [0.15, 0.2) is 0 Å². The molecular formula is C14H21NO5S. The predicted octanol–water partition coefficient (Wildman–Crippen LogP) is 2.25. The van der Waals surface area contributed by atoms with Crippen LogP contribution in [0.1, 0.15) is 44.0 Å². The fraction of sp³-hybridized carbons (Fsp3) is 0.500. The minimum atomic E-state index is -3.74. The van der Waals surface area contributed by atoms with Crippen molar-refractivity contribution >= 4 is 16.0 Å². The average molecular weight is 315 g/mol. The van der Waals surface area contributed by atoms with E-state index in [1.807, 2.05) is 6.92 Å². The first-order valence-corrected chi connectivity index (χ1v) is 8.32. The minimum Gasteiger partial charge on any atom is -0.493 e. The highest BCUT2D eigenvalue weighted by molar-refractivity contribution is 7.89. The summed E-state index contributed by atoms with van der Waals surface area (Å²) >= 11 is 0. The molecule has 0 saturated heterocycles. The van der Waals surface area contributed by atoms with Crippen LogP contribution in [0, 0.1) is 0 Å². The number of hydrogen-bond acceptors (Lipinski definition) is 4. The van der Waals surface area contributed by atoms with Crippen LogP contribution in [-0.4, -0.2) is 32.1 Å². The van der Waals surface area contributed by atoms with E-state index in [4.69, 9.17) is 9.84 Å². The number of nitrogens with one attached hydrogen (secondary N) is 1. The molecule has 0 aliphatic rings. The molecule has 0 saturated carbocycles. The lowest BCUT2D eigenvalue weighted by molar-refractivity contribution is 0.0692. The van der Waals surface area contributed by atoms with Crippen LogP contribution in [0.5, 0.6) is 5.75 Å². The number of rotatable bonds is 8. The topological polar surface area (TPSA) is 92.7 Å². The number of carboxylic acids is 1. The third kappa shape index (κ3) is 4.71. The van der Waals surface area contributed by atoms with Crippen LogP contribution in [0.25, 0.3) is 0 Å². The van der Waals surface area contributed by atoms with E-state index in [9.17, 15) is 13.2 Å². The zero-order valence-corrected chi connectivity index (χ0v) is 13.2. The van der Waals surface area contributed by atoms with E-state index in [2.05, 4.69) is 4.72 Å². The van der Waals surface area contributed by atoms with Gasteiger partial charge in [-0.25, -0.2) is 17.9 Å². The van der Waals surface area contributed by atoms with Crippen molar-refractivity contribution in [1.29, 1.82) is 0 Å². The zero-order valence-electron chi connectivity index (χ0n) is 12.4. The summed E-state index contributed by atoms with van der Waals surface area (Å²) in [5, 5.41) is 9.15. The van der Waals surface area contributed by atoms with Crippen LogP contribution in [0.3, 0.4) is 0 Å². The van der Waals surface area contributed by atoms with Gasteiger partial charge in [-0.05, 0) is 38.5 Å². The molecule has 1 aromatic rings. The molecule has 0 aliphatic carbocycles. The molecule has 1 unspecified atom stereocenters. The maximum absolute atomic E-state index is 12.2. The second kappa shape index (κ2) is 7.42. The first kappa shape index (κ1) is 17.5. The normalized spacial score (nSPS) is 12.9. The second-order valence-electron chi connectivity index (χ2n) is 4.71. The number of aromatic carboxylic acids is 1. The summed E-state index contributed by atoms with van der Waals surface area (Å²) in [6, 6.07) is 3.62. The van der Waals surface area contributed by atoms with Crippen molar-refractivity contribution < 1.29 is 23.1 Å². The van der Waals surface area contributed by atoms with Crippen LogP contribution in [-0.2, 0) is 10.0 Å². The molecule has 1 rings (SSSR count). The SMILES string of the molecule is CCCC(C)NS(=O)(=O)c1ccc(OCC)c(C(=O)O)c1. The maximum atomic E-state index is 12.2. The van der Waals surface area contributed by atoms with Crippen molar-refractivity contribution in [2.75, 3.05) is 6.61 Å². The first-order valence-electron chi connectivity index (χ1n) is 6.84. The predicted molar refractivity (Wildman–Crippen MR) is 79.3 cm³/mol. The Morgan fingerprint density at radius 1 is 1.38 bits per heavy atom. The summed E-state index contributed by atoms with van der Waals surface area (Å²) in [6.45, 7) is 5.76. The van der Waals surface area contributed by atoms with Gasteiger partial charge in [0.25, 0.3) is 0 Å². The van der Waals surface area contributed by atoms with E-state index in [1.54, 1.807) is 13.8 Å². The van der Waals surface area contributed by atoms with Crippen molar-refractivity contribution in [3.63, 3.8) is 0 Å². The highest BCUT2D eigenvalue weighted by atomic mass is 32.2. The van der Waals surface area contributed by atoms with Gasteiger partial charge in [0.05, 0.1) is 11.5 Å². The van der Waals surface area contributed by atoms with Crippen molar-refractivity contribution in [1.82, 2.24) is 4.72 Å². The summed E-state index contributed by atoms with van der Waals surface area (Å²) in [4.78, 5) is 11.1. The van der Waals surface area contributed by atoms with Crippen molar-refractivity contribution in [3.05, 3.63) is 23.8 Å². The third-order valence-corrected chi connectivity index (χ3v) is 4.46. The Balaban J connectivity index is 3.13. The summed E-state index contributed by atoms with van der Waals surface area (Å²) in [7, 11) is -3.74. The Labute approximate surface area is 125 Å². The number of sulfonamides is 1. The fourth-order valence-corrected chi connectivity index (χ4v) is 3.25. The number of ether oxygens (including phenoxy) is 1. The van der Waals surface area contributed by atoms with Gasteiger partial charge in [0, 0.05) is 6.04 Å². The summed E-state index contributed by atoms with van der Waals surface area (Å²) in [5.41, 5.74) is -0.164. The fourth-order valence-electron chi connectivity index (χ4n) is 1.95. The molecule has 118 valence electrons. The lowest BCUT2D eigenvalue weighted by Gasteiger charge is -2.14. The number of benzene rings is 1. The average Bonchev–Trinajstić information content (AvgIpc) is 2.38. The highest BCUT2D eigenvalue weighted by Crippen LogP contribution is 2.23. The number of carbonyl (C=O) groups is 1. The molecule has 1 aromatic carbocycles. The van der Waals surface area contributed by atoms with Gasteiger partial charge in [-0.15, -0.1) is 0 Å². The monoisotopic (exact) mass is 315 g/mol. The Bertz CT molecular complexity index is 597. The molecule has 0 radical (unpaired) electrons. The number of hydrogen-bond donors (Lipinski definition) is 2. The standard InChI is InChI=1S/C14H21NO5S/c1-4-6-10(3)15-21(18,19)11-7-8-13(20-5-2)12(9-11)14(16)17/h7-10,15H,4-6H2,1-3H3,(H,16,17). The van der Waals surface area contributed by atoms with Crippen LogP contribution in [0.2, 0.25) is 0 Å². The molecule has 21 heavy (non-hydrogen) atoms. The minimum absolute atomic E-state index is 0.0775. The van der Waals surface area contributed by atoms with Gasteiger partial charge in [0.1, 0.15) is 11.3 Å². The zero-order chi connectivity index (χ0) is 16.0. The van der Waals surface area contributed by atoms with Gasteiger partial charge >= 0.3 is 5.97 Å². The molecule has 7 heteroatoms. The molecule has 0 aliphatic heterocycles. The van der Waals surface area contributed by atoms with Crippen LogP contribution in [0.4, 0.5) is 0 Å². The molecule has 0 heterocycles. The van der Waals surface area contributed by atoms with Crippen molar-refractivity contribution in [2.45, 2.75) is 44.6 Å². The van der Waals surface area contributed by atoms with E-state index >= 15 is 0 Å². The van der Waals surface area contributed by atoms with Crippen LogP contribution in [0.15, 0.2) is 23.1 Å². The molecule has 2 N–H and O–H groups in total.